The maximum Gasteiger partial charge on any atom is 0.261 e. The van der Waals surface area contributed by atoms with Crippen LogP contribution in [0.3, 0.4) is 0 Å². The Kier molecular flexibility index (Phi) is 10.4. The van der Waals surface area contributed by atoms with Gasteiger partial charge in [-0.05, 0) is 83.9 Å². The summed E-state index contributed by atoms with van der Waals surface area (Å²) >= 11 is 6.08. The molecular formula is C34H29ClFN3O6S. The molecule has 12 heteroatoms. The number of ether oxygens (including phenoxy) is 1. The molecule has 2 N–H and O–H groups in total. The highest BCUT2D eigenvalue weighted by atomic mass is 35.5. The molecule has 0 aliphatic rings. The fraction of sp³-hybridized carbons (Fsp3) is 0.118. The van der Waals surface area contributed by atoms with Crippen molar-refractivity contribution >= 4 is 39.1 Å². The third kappa shape index (κ3) is 8.52. The van der Waals surface area contributed by atoms with Crippen molar-refractivity contribution in [1.29, 1.82) is 0 Å². The molecule has 0 bridgehead atoms. The van der Waals surface area contributed by atoms with E-state index in [1.807, 2.05) is 6.07 Å². The summed E-state index contributed by atoms with van der Waals surface area (Å²) in [6.45, 7) is -0.248. The van der Waals surface area contributed by atoms with Crippen LogP contribution in [0.4, 0.5) is 10.1 Å². The molecule has 5 rings (SSSR count). The highest BCUT2D eigenvalue weighted by Crippen LogP contribution is 2.26. The third-order valence-corrected chi connectivity index (χ3v) is 8.52. The zero-order valence-corrected chi connectivity index (χ0v) is 25.9. The van der Waals surface area contributed by atoms with Gasteiger partial charge >= 0.3 is 0 Å². The van der Waals surface area contributed by atoms with Crippen LogP contribution in [0.1, 0.15) is 22.9 Å². The second-order valence-electron chi connectivity index (χ2n) is 10.1. The number of hydrogen-bond donors (Lipinski definition) is 2. The minimum atomic E-state index is -3.96. The van der Waals surface area contributed by atoms with E-state index in [-0.39, 0.29) is 29.4 Å². The van der Waals surface area contributed by atoms with Crippen LogP contribution in [0.15, 0.2) is 131 Å². The van der Waals surface area contributed by atoms with Crippen LogP contribution in [-0.2, 0) is 32.7 Å². The summed E-state index contributed by atoms with van der Waals surface area (Å²) in [7, 11) is -3.96. The van der Waals surface area contributed by atoms with Crippen molar-refractivity contribution in [2.24, 2.45) is 0 Å². The van der Waals surface area contributed by atoms with Crippen molar-refractivity contribution in [3.63, 3.8) is 0 Å². The number of carbonyl (C=O) groups excluding carboxylic acids is 2. The quantitative estimate of drug-likeness (QED) is 0.152. The lowest BCUT2D eigenvalue weighted by Gasteiger charge is -2.31. The van der Waals surface area contributed by atoms with E-state index < -0.39 is 40.3 Å². The van der Waals surface area contributed by atoms with Gasteiger partial charge in [-0.25, -0.2) is 12.8 Å². The van der Waals surface area contributed by atoms with Gasteiger partial charge in [0, 0.05) is 17.3 Å². The second-order valence-corrected chi connectivity index (χ2v) is 12.2. The van der Waals surface area contributed by atoms with Gasteiger partial charge < -0.3 is 19.4 Å². The first-order chi connectivity index (χ1) is 22.2. The number of nitrogens with zero attached hydrogens (tertiary/aromatic N) is 1. The normalized spacial score (nSPS) is 11.8. The topological polar surface area (TPSA) is 118 Å². The molecular weight excluding hydrogens is 633 g/mol. The Morgan fingerprint density at radius 3 is 2.22 bits per heavy atom. The molecule has 4 aromatic carbocycles. The van der Waals surface area contributed by atoms with E-state index in [2.05, 4.69) is 10.0 Å². The fourth-order valence-electron chi connectivity index (χ4n) is 4.58. The molecule has 1 unspecified atom stereocenters. The predicted octanol–water partition coefficient (Wildman–Crippen LogP) is 6.34. The summed E-state index contributed by atoms with van der Waals surface area (Å²) in [5, 5.41) is 3.39. The molecule has 0 saturated heterocycles. The Morgan fingerprint density at radius 1 is 0.870 bits per heavy atom. The molecule has 1 atom stereocenters. The molecule has 0 spiro atoms. The van der Waals surface area contributed by atoms with E-state index in [0.717, 1.165) is 17.7 Å². The number of halogens is 2. The molecule has 0 saturated carbocycles. The Bertz CT molecular complexity index is 1850. The number of amides is 2. The van der Waals surface area contributed by atoms with Gasteiger partial charge in [0.1, 0.15) is 23.4 Å². The number of hydrogen-bond acceptors (Lipinski definition) is 6. The number of sulfonamides is 1. The van der Waals surface area contributed by atoms with Crippen molar-refractivity contribution < 1.29 is 31.6 Å². The fourth-order valence-corrected chi connectivity index (χ4v) is 5.76. The van der Waals surface area contributed by atoms with Crippen LogP contribution in [0.2, 0.25) is 5.02 Å². The van der Waals surface area contributed by atoms with E-state index in [0.29, 0.717) is 16.3 Å². The van der Waals surface area contributed by atoms with Crippen molar-refractivity contribution in [2.75, 3.05) is 11.3 Å². The van der Waals surface area contributed by atoms with E-state index in [4.69, 9.17) is 20.8 Å². The van der Waals surface area contributed by atoms with Gasteiger partial charge in [-0.2, -0.15) is 0 Å². The standard InChI is InChI=1S/C34H29ClFN3O6S/c35-26-10-8-24(9-11-26)22-39(33(25-5-2-1-3-6-25)34(41)37-21-30-7-4-20-44-30)32(40)23-45-29-16-18-31(19-17-29)46(42,43)38-28-14-12-27(36)13-15-28/h1-20,33,38H,21-23H2,(H,37,41). The lowest BCUT2D eigenvalue weighted by Crippen LogP contribution is -2.45. The van der Waals surface area contributed by atoms with Gasteiger partial charge in [-0.15, -0.1) is 0 Å². The average molecular weight is 662 g/mol. The van der Waals surface area contributed by atoms with Crippen LogP contribution in [0.25, 0.3) is 0 Å². The first-order valence-corrected chi connectivity index (χ1v) is 15.9. The average Bonchev–Trinajstić information content (AvgIpc) is 3.59. The number of nitrogens with one attached hydrogen (secondary N) is 2. The molecule has 5 aromatic rings. The molecule has 46 heavy (non-hydrogen) atoms. The molecule has 0 radical (unpaired) electrons. The van der Waals surface area contributed by atoms with Gasteiger partial charge in [0.25, 0.3) is 15.9 Å². The maximum absolute atomic E-state index is 13.8. The van der Waals surface area contributed by atoms with Crippen LogP contribution >= 0.6 is 11.6 Å². The Hall–Kier alpha value is -5.13. The predicted molar refractivity (Wildman–Crippen MR) is 171 cm³/mol. The highest BCUT2D eigenvalue weighted by molar-refractivity contribution is 7.92. The van der Waals surface area contributed by atoms with Crippen LogP contribution in [0.5, 0.6) is 5.75 Å². The Labute approximate surface area is 270 Å². The molecule has 0 aliphatic heterocycles. The van der Waals surface area contributed by atoms with Crippen molar-refractivity contribution in [1.82, 2.24) is 10.2 Å². The summed E-state index contributed by atoms with van der Waals surface area (Å²) < 4.78 is 52.3. The molecule has 1 aromatic heterocycles. The summed E-state index contributed by atoms with van der Waals surface area (Å²) in [6, 6.07) is 28.7. The second kappa shape index (κ2) is 14.8. The van der Waals surface area contributed by atoms with Crippen LogP contribution < -0.4 is 14.8 Å². The minimum Gasteiger partial charge on any atom is -0.484 e. The monoisotopic (exact) mass is 661 g/mol. The first-order valence-electron chi connectivity index (χ1n) is 14.1. The van der Waals surface area contributed by atoms with E-state index in [1.165, 1.54) is 47.6 Å². The largest absolute Gasteiger partial charge is 0.484 e. The van der Waals surface area contributed by atoms with Gasteiger partial charge in [0.05, 0.1) is 17.7 Å². The van der Waals surface area contributed by atoms with E-state index in [9.17, 15) is 22.4 Å². The van der Waals surface area contributed by atoms with Crippen molar-refractivity contribution in [3.8, 4) is 5.75 Å². The van der Waals surface area contributed by atoms with Crippen molar-refractivity contribution in [2.45, 2.75) is 24.0 Å². The van der Waals surface area contributed by atoms with Gasteiger partial charge in [0.15, 0.2) is 6.61 Å². The number of rotatable bonds is 13. The number of benzene rings is 4. The summed E-state index contributed by atoms with van der Waals surface area (Å²) in [5.74, 6) is -0.619. The van der Waals surface area contributed by atoms with Gasteiger partial charge in [0.2, 0.25) is 5.91 Å². The number of furan rings is 1. The van der Waals surface area contributed by atoms with Crippen LogP contribution in [-0.4, -0.2) is 31.7 Å². The number of carbonyl (C=O) groups is 2. The lowest BCUT2D eigenvalue weighted by atomic mass is 10.0. The Balaban J connectivity index is 1.34. The number of anilines is 1. The lowest BCUT2D eigenvalue weighted by molar-refractivity contribution is -0.143. The Morgan fingerprint density at radius 2 is 1.57 bits per heavy atom. The molecule has 9 nitrogen and oxygen atoms in total. The molecule has 2 amide bonds. The molecule has 0 fully saturated rings. The zero-order valence-electron chi connectivity index (χ0n) is 24.3. The minimum absolute atomic E-state index is 0.0581. The van der Waals surface area contributed by atoms with E-state index >= 15 is 0 Å². The molecule has 1 heterocycles. The first kappa shape index (κ1) is 32.3. The summed E-state index contributed by atoms with van der Waals surface area (Å²) in [6.07, 6.45) is 1.51. The van der Waals surface area contributed by atoms with Crippen LogP contribution in [0, 0.1) is 5.82 Å². The smallest absolute Gasteiger partial charge is 0.261 e. The van der Waals surface area contributed by atoms with Crippen molar-refractivity contribution in [3.05, 3.63) is 149 Å². The SMILES string of the molecule is O=C(NCc1ccco1)C(c1ccccc1)N(Cc1ccc(Cl)cc1)C(=O)COc1ccc(S(=O)(=O)Nc2ccc(F)cc2)cc1. The molecule has 0 aliphatic carbocycles. The maximum atomic E-state index is 13.8. The highest BCUT2D eigenvalue weighted by Gasteiger charge is 2.32. The summed E-state index contributed by atoms with van der Waals surface area (Å²) in [5.41, 5.74) is 1.53. The third-order valence-electron chi connectivity index (χ3n) is 6.87. The van der Waals surface area contributed by atoms with Gasteiger partial charge in [-0.1, -0.05) is 54.1 Å². The molecule has 236 valence electrons. The summed E-state index contributed by atoms with van der Waals surface area (Å²) in [4.78, 5) is 28.9. The van der Waals surface area contributed by atoms with E-state index in [1.54, 1.807) is 60.7 Å². The van der Waals surface area contributed by atoms with Gasteiger partial charge in [-0.3, -0.25) is 14.3 Å². The zero-order chi connectivity index (χ0) is 32.5.